The van der Waals surface area contributed by atoms with E-state index in [2.05, 4.69) is 29.0 Å². The highest BCUT2D eigenvalue weighted by Gasteiger charge is 2.27. The fourth-order valence-electron chi connectivity index (χ4n) is 5.02. The lowest BCUT2D eigenvalue weighted by atomic mass is 9.96. The van der Waals surface area contributed by atoms with Gasteiger partial charge in [0.2, 0.25) is 5.91 Å². The van der Waals surface area contributed by atoms with Crippen molar-refractivity contribution >= 4 is 32.6 Å². The minimum Gasteiger partial charge on any atom is -0.497 e. The van der Waals surface area contributed by atoms with Gasteiger partial charge in [-0.3, -0.25) is 9.69 Å². The number of ether oxygens (including phenoxy) is 1. The molecule has 0 bridgehead atoms. The number of carbonyl (C=O) groups is 1. The Kier molecular flexibility index (Phi) is 7.33. The Hall–Kier alpha value is -1.86. The van der Waals surface area contributed by atoms with Crippen molar-refractivity contribution in [3.63, 3.8) is 0 Å². The Bertz CT molecular complexity index is 868. The summed E-state index contributed by atoms with van der Waals surface area (Å²) in [6, 6.07) is 7.36. The molecule has 4 rings (SSSR count). The van der Waals surface area contributed by atoms with Crippen molar-refractivity contribution in [2.24, 2.45) is 5.92 Å². The van der Waals surface area contributed by atoms with Crippen molar-refractivity contribution in [3.05, 3.63) is 18.2 Å². The van der Waals surface area contributed by atoms with Crippen LogP contribution in [0.2, 0.25) is 0 Å². The van der Waals surface area contributed by atoms with Gasteiger partial charge in [-0.1, -0.05) is 17.8 Å². The summed E-state index contributed by atoms with van der Waals surface area (Å²) in [5.74, 6) is 1.22. The molecule has 0 radical (unpaired) electrons. The van der Waals surface area contributed by atoms with Crippen molar-refractivity contribution in [1.82, 2.24) is 15.2 Å². The van der Waals surface area contributed by atoms with Gasteiger partial charge in [-0.25, -0.2) is 4.98 Å². The molecule has 2 saturated heterocycles. The molecule has 31 heavy (non-hydrogen) atoms. The molecule has 2 aromatic rings. The fraction of sp³-hybridized carbons (Fsp3) is 0.667. The van der Waals surface area contributed by atoms with Gasteiger partial charge in [0.05, 0.1) is 17.3 Å². The first-order chi connectivity index (χ1) is 15.0. The maximum atomic E-state index is 12.7. The SMILES string of the molecule is COc1ccc2nc(N3CCC(C(=O)NCCCN4C(C)CCCC4C)CC3)sc2c1. The highest BCUT2D eigenvalue weighted by atomic mass is 32.1. The molecule has 2 atom stereocenters. The number of nitrogens with zero attached hydrogens (tertiary/aromatic N) is 3. The Balaban J connectivity index is 1.21. The molecule has 2 unspecified atom stereocenters. The third-order valence-electron chi connectivity index (χ3n) is 6.99. The molecule has 170 valence electrons. The number of fused-ring (bicyclic) bond motifs is 1. The number of hydrogen-bond acceptors (Lipinski definition) is 6. The number of methoxy groups -OCH3 is 1. The van der Waals surface area contributed by atoms with Gasteiger partial charge in [0.25, 0.3) is 0 Å². The van der Waals surface area contributed by atoms with Crippen LogP contribution in [0.3, 0.4) is 0 Å². The smallest absolute Gasteiger partial charge is 0.223 e. The van der Waals surface area contributed by atoms with E-state index >= 15 is 0 Å². The van der Waals surface area contributed by atoms with Crippen LogP contribution < -0.4 is 15.0 Å². The molecule has 1 amide bonds. The van der Waals surface area contributed by atoms with Gasteiger partial charge in [-0.05, 0) is 64.2 Å². The van der Waals surface area contributed by atoms with Crippen LogP contribution >= 0.6 is 11.3 Å². The molecular weight excluding hydrogens is 408 g/mol. The van der Waals surface area contributed by atoms with Crippen molar-refractivity contribution in [2.45, 2.75) is 64.5 Å². The standard InChI is InChI=1S/C24H36N4O2S/c1-17-6-4-7-18(2)28(17)13-5-12-25-23(29)19-10-14-27(15-11-19)24-26-21-9-8-20(30-3)16-22(21)31-24/h8-9,16-19H,4-7,10-15H2,1-3H3,(H,25,29). The van der Waals surface area contributed by atoms with Crippen molar-refractivity contribution < 1.29 is 9.53 Å². The van der Waals surface area contributed by atoms with Crippen LogP contribution in [0.4, 0.5) is 5.13 Å². The second-order valence-electron chi connectivity index (χ2n) is 9.10. The molecule has 1 aromatic carbocycles. The molecule has 0 aliphatic carbocycles. The first-order valence-electron chi connectivity index (χ1n) is 11.8. The number of thiazole rings is 1. The van der Waals surface area contributed by atoms with E-state index in [1.54, 1.807) is 18.4 Å². The first kappa shape index (κ1) is 22.3. The van der Waals surface area contributed by atoms with Crippen LogP contribution in [-0.2, 0) is 4.79 Å². The Morgan fingerprint density at radius 1 is 1.19 bits per heavy atom. The quantitative estimate of drug-likeness (QED) is 0.646. The van der Waals surface area contributed by atoms with Gasteiger partial charge in [0.15, 0.2) is 5.13 Å². The zero-order chi connectivity index (χ0) is 21.8. The molecule has 2 aliphatic heterocycles. The number of amides is 1. The van der Waals surface area contributed by atoms with E-state index in [1.807, 2.05) is 18.2 Å². The summed E-state index contributed by atoms with van der Waals surface area (Å²) >= 11 is 1.70. The summed E-state index contributed by atoms with van der Waals surface area (Å²) in [4.78, 5) is 22.4. The number of aromatic nitrogens is 1. The van der Waals surface area contributed by atoms with E-state index in [1.165, 1.54) is 19.3 Å². The molecule has 1 aromatic heterocycles. The summed E-state index contributed by atoms with van der Waals surface area (Å²) in [6.45, 7) is 8.32. The summed E-state index contributed by atoms with van der Waals surface area (Å²) < 4.78 is 6.47. The van der Waals surface area contributed by atoms with Crippen molar-refractivity contribution in [2.75, 3.05) is 38.2 Å². The van der Waals surface area contributed by atoms with Gasteiger partial charge < -0.3 is 15.0 Å². The lowest BCUT2D eigenvalue weighted by molar-refractivity contribution is -0.125. The number of nitrogens with one attached hydrogen (secondary N) is 1. The zero-order valence-corrected chi connectivity index (χ0v) is 19.9. The minimum atomic E-state index is 0.124. The molecule has 0 saturated carbocycles. The normalized spacial score (nSPS) is 23.3. The third-order valence-corrected chi connectivity index (χ3v) is 8.07. The number of likely N-dealkylation sites (tertiary alicyclic amines) is 1. The molecule has 1 N–H and O–H groups in total. The average molecular weight is 445 g/mol. The number of rotatable bonds is 7. The molecule has 3 heterocycles. The van der Waals surface area contributed by atoms with Crippen LogP contribution in [0.15, 0.2) is 18.2 Å². The monoisotopic (exact) mass is 444 g/mol. The van der Waals surface area contributed by atoms with Gasteiger partial charge in [-0.2, -0.15) is 0 Å². The second kappa shape index (κ2) is 10.2. The number of carbonyl (C=O) groups excluding carboxylic acids is 1. The molecular formula is C24H36N4O2S. The molecule has 2 aliphatic rings. The van der Waals surface area contributed by atoms with E-state index in [0.29, 0.717) is 12.1 Å². The van der Waals surface area contributed by atoms with E-state index in [9.17, 15) is 4.79 Å². The number of benzene rings is 1. The summed E-state index contributed by atoms with van der Waals surface area (Å²) in [5, 5.41) is 4.25. The van der Waals surface area contributed by atoms with Crippen LogP contribution in [0.1, 0.15) is 52.4 Å². The first-order valence-corrected chi connectivity index (χ1v) is 12.6. The second-order valence-corrected chi connectivity index (χ2v) is 10.1. The Morgan fingerprint density at radius 2 is 1.94 bits per heavy atom. The van der Waals surface area contributed by atoms with Crippen LogP contribution in [0, 0.1) is 5.92 Å². The lowest BCUT2D eigenvalue weighted by Crippen LogP contribution is -2.45. The van der Waals surface area contributed by atoms with E-state index < -0.39 is 0 Å². The number of anilines is 1. The van der Waals surface area contributed by atoms with Crippen LogP contribution in [0.25, 0.3) is 10.2 Å². The number of piperidine rings is 2. The van der Waals surface area contributed by atoms with E-state index in [-0.39, 0.29) is 11.8 Å². The molecule has 2 fully saturated rings. The van der Waals surface area contributed by atoms with Gasteiger partial charge >= 0.3 is 0 Å². The maximum Gasteiger partial charge on any atom is 0.223 e. The van der Waals surface area contributed by atoms with E-state index in [4.69, 9.17) is 9.72 Å². The van der Waals surface area contributed by atoms with Crippen LogP contribution in [-0.4, -0.2) is 61.2 Å². The summed E-state index contributed by atoms with van der Waals surface area (Å²) in [6.07, 6.45) is 6.78. The van der Waals surface area contributed by atoms with Gasteiger partial charge in [0.1, 0.15) is 5.75 Å². The van der Waals surface area contributed by atoms with Crippen molar-refractivity contribution in [1.29, 1.82) is 0 Å². The van der Waals surface area contributed by atoms with Crippen molar-refractivity contribution in [3.8, 4) is 5.75 Å². The largest absolute Gasteiger partial charge is 0.497 e. The minimum absolute atomic E-state index is 0.124. The summed E-state index contributed by atoms with van der Waals surface area (Å²) in [5.41, 5.74) is 1.01. The zero-order valence-electron chi connectivity index (χ0n) is 19.1. The van der Waals surface area contributed by atoms with Gasteiger partial charge in [0, 0.05) is 44.2 Å². The van der Waals surface area contributed by atoms with Crippen LogP contribution in [0.5, 0.6) is 5.75 Å². The molecule has 6 nitrogen and oxygen atoms in total. The van der Waals surface area contributed by atoms with Gasteiger partial charge in [-0.15, -0.1) is 0 Å². The predicted octanol–water partition coefficient (Wildman–Crippen LogP) is 4.29. The predicted molar refractivity (Wildman–Crippen MR) is 128 cm³/mol. The Labute approximate surface area is 190 Å². The molecule has 0 spiro atoms. The average Bonchev–Trinajstić information content (AvgIpc) is 3.21. The van der Waals surface area contributed by atoms with E-state index in [0.717, 1.165) is 66.5 Å². The highest BCUT2D eigenvalue weighted by Crippen LogP contribution is 2.33. The topological polar surface area (TPSA) is 57.7 Å². The molecule has 7 heteroatoms. The highest BCUT2D eigenvalue weighted by molar-refractivity contribution is 7.22. The Morgan fingerprint density at radius 3 is 2.65 bits per heavy atom. The third kappa shape index (κ3) is 5.32. The number of hydrogen-bond donors (Lipinski definition) is 1. The fourth-order valence-corrected chi connectivity index (χ4v) is 6.07. The lowest BCUT2D eigenvalue weighted by Gasteiger charge is -2.39. The maximum absolute atomic E-state index is 12.7. The summed E-state index contributed by atoms with van der Waals surface area (Å²) in [7, 11) is 1.69.